The largest absolute Gasteiger partial charge is 0.367 e. The maximum atomic E-state index is 9.40. The number of benzene rings is 1. The summed E-state index contributed by atoms with van der Waals surface area (Å²) in [6.07, 6.45) is 2.52. The summed E-state index contributed by atoms with van der Waals surface area (Å²) in [5, 5.41) is 22.3. The molecule has 106 valence electrons. The first kappa shape index (κ1) is 12.5. The van der Waals surface area contributed by atoms with Gasteiger partial charge in [0.1, 0.15) is 6.07 Å². The Kier molecular flexibility index (Phi) is 2.97. The van der Waals surface area contributed by atoms with E-state index in [0.29, 0.717) is 17.7 Å². The van der Waals surface area contributed by atoms with Crippen LogP contribution in [0.3, 0.4) is 0 Å². The summed E-state index contributed by atoms with van der Waals surface area (Å²) < 4.78 is 0. The molecular formula is C16H17N5. The van der Waals surface area contributed by atoms with E-state index in [2.05, 4.69) is 26.5 Å². The Morgan fingerprint density at radius 3 is 3.00 bits per heavy atom. The summed E-state index contributed by atoms with van der Waals surface area (Å²) in [5.41, 5.74) is 2.25. The van der Waals surface area contributed by atoms with E-state index in [1.807, 2.05) is 24.3 Å². The fourth-order valence-corrected chi connectivity index (χ4v) is 3.66. The molecule has 0 bridgehead atoms. The summed E-state index contributed by atoms with van der Waals surface area (Å²) >= 11 is 0. The van der Waals surface area contributed by atoms with Gasteiger partial charge in [0.25, 0.3) is 0 Å². The molecule has 5 nitrogen and oxygen atoms in total. The molecule has 2 saturated heterocycles. The molecule has 3 heterocycles. The van der Waals surface area contributed by atoms with E-state index in [0.717, 1.165) is 36.2 Å². The molecule has 2 aliphatic heterocycles. The van der Waals surface area contributed by atoms with Crippen LogP contribution in [0.5, 0.6) is 0 Å². The van der Waals surface area contributed by atoms with Gasteiger partial charge in [-0.3, -0.25) is 0 Å². The molecule has 0 amide bonds. The number of rotatable bonds is 1. The highest BCUT2D eigenvalue weighted by atomic mass is 15.2. The van der Waals surface area contributed by atoms with Gasteiger partial charge in [-0.05, 0) is 31.4 Å². The van der Waals surface area contributed by atoms with Crippen LogP contribution in [0.25, 0.3) is 10.9 Å². The molecule has 2 atom stereocenters. The van der Waals surface area contributed by atoms with Crippen LogP contribution in [0.1, 0.15) is 18.5 Å². The van der Waals surface area contributed by atoms with Crippen molar-refractivity contribution >= 4 is 16.6 Å². The second kappa shape index (κ2) is 4.97. The molecule has 4 rings (SSSR count). The summed E-state index contributed by atoms with van der Waals surface area (Å²) in [6, 6.07) is 10.7. The standard InChI is InChI=1S/C16H17N5/c17-8-14-16(12-5-1-2-6-13(12)19-20-14)21-9-11-4-3-7-18-15(11)10-21/h1-2,5-6,11,15,18H,3-4,7,9-10H2. The van der Waals surface area contributed by atoms with Gasteiger partial charge < -0.3 is 10.2 Å². The number of fused-ring (bicyclic) bond motifs is 2. The molecule has 1 aromatic carbocycles. The van der Waals surface area contributed by atoms with Crippen LogP contribution in [0.2, 0.25) is 0 Å². The molecule has 0 radical (unpaired) electrons. The van der Waals surface area contributed by atoms with E-state index in [4.69, 9.17) is 0 Å². The summed E-state index contributed by atoms with van der Waals surface area (Å²) in [7, 11) is 0. The number of hydrogen-bond donors (Lipinski definition) is 1. The zero-order chi connectivity index (χ0) is 14.2. The third-order valence-electron chi connectivity index (χ3n) is 4.66. The zero-order valence-corrected chi connectivity index (χ0v) is 11.8. The topological polar surface area (TPSA) is 64.8 Å². The minimum Gasteiger partial charge on any atom is -0.367 e. The van der Waals surface area contributed by atoms with Gasteiger partial charge >= 0.3 is 0 Å². The fraction of sp³-hybridized carbons (Fsp3) is 0.438. The van der Waals surface area contributed by atoms with Crippen molar-refractivity contribution in [3.05, 3.63) is 30.0 Å². The van der Waals surface area contributed by atoms with Crippen molar-refractivity contribution in [1.29, 1.82) is 5.26 Å². The van der Waals surface area contributed by atoms with Crippen molar-refractivity contribution in [2.45, 2.75) is 18.9 Å². The minimum atomic E-state index is 0.437. The van der Waals surface area contributed by atoms with E-state index >= 15 is 0 Å². The maximum Gasteiger partial charge on any atom is 0.187 e. The molecule has 5 heteroatoms. The second-order valence-electron chi connectivity index (χ2n) is 5.89. The van der Waals surface area contributed by atoms with Crippen LogP contribution in [0.15, 0.2) is 24.3 Å². The van der Waals surface area contributed by atoms with Crippen molar-refractivity contribution < 1.29 is 0 Å². The Bertz CT molecular complexity index is 706. The highest BCUT2D eigenvalue weighted by molar-refractivity contribution is 5.93. The number of nitriles is 1. The first-order valence-electron chi connectivity index (χ1n) is 7.50. The molecule has 21 heavy (non-hydrogen) atoms. The predicted octanol–water partition coefficient (Wildman–Crippen LogP) is 1.69. The fourth-order valence-electron chi connectivity index (χ4n) is 3.66. The molecule has 2 aliphatic rings. The Labute approximate surface area is 123 Å². The summed E-state index contributed by atoms with van der Waals surface area (Å²) in [4.78, 5) is 2.32. The highest BCUT2D eigenvalue weighted by Crippen LogP contribution is 2.34. The lowest BCUT2D eigenvalue weighted by molar-refractivity contribution is 0.340. The van der Waals surface area contributed by atoms with Gasteiger partial charge in [-0.1, -0.05) is 18.2 Å². The van der Waals surface area contributed by atoms with Gasteiger partial charge in [0, 0.05) is 24.5 Å². The molecule has 2 fully saturated rings. The predicted molar refractivity (Wildman–Crippen MR) is 81.0 cm³/mol. The quantitative estimate of drug-likeness (QED) is 0.860. The van der Waals surface area contributed by atoms with Crippen molar-refractivity contribution in [1.82, 2.24) is 15.5 Å². The smallest absolute Gasteiger partial charge is 0.187 e. The van der Waals surface area contributed by atoms with Crippen LogP contribution in [0, 0.1) is 17.2 Å². The van der Waals surface area contributed by atoms with Crippen LogP contribution in [-0.2, 0) is 0 Å². The lowest BCUT2D eigenvalue weighted by Crippen LogP contribution is -2.40. The number of piperidine rings is 1. The number of aromatic nitrogens is 2. The Hall–Kier alpha value is -2.19. The number of hydrogen-bond acceptors (Lipinski definition) is 5. The Balaban J connectivity index is 1.80. The van der Waals surface area contributed by atoms with Crippen LogP contribution < -0.4 is 10.2 Å². The van der Waals surface area contributed by atoms with Gasteiger partial charge in [-0.25, -0.2) is 0 Å². The molecule has 2 aromatic rings. The van der Waals surface area contributed by atoms with Crippen molar-refractivity contribution in [3.8, 4) is 6.07 Å². The lowest BCUT2D eigenvalue weighted by Gasteiger charge is -2.24. The van der Waals surface area contributed by atoms with E-state index < -0.39 is 0 Å². The Morgan fingerprint density at radius 2 is 2.14 bits per heavy atom. The second-order valence-corrected chi connectivity index (χ2v) is 5.89. The molecule has 0 saturated carbocycles. The van der Waals surface area contributed by atoms with E-state index in [-0.39, 0.29) is 0 Å². The minimum absolute atomic E-state index is 0.437. The van der Waals surface area contributed by atoms with Crippen LogP contribution >= 0.6 is 0 Å². The van der Waals surface area contributed by atoms with Gasteiger partial charge in [0.2, 0.25) is 0 Å². The number of nitrogens with one attached hydrogen (secondary N) is 1. The van der Waals surface area contributed by atoms with Crippen LogP contribution in [-0.4, -0.2) is 35.9 Å². The first-order valence-corrected chi connectivity index (χ1v) is 7.50. The normalized spacial score (nSPS) is 24.8. The van der Waals surface area contributed by atoms with Gasteiger partial charge in [-0.2, -0.15) is 5.26 Å². The zero-order valence-electron chi connectivity index (χ0n) is 11.8. The average Bonchev–Trinajstić information content (AvgIpc) is 2.97. The monoisotopic (exact) mass is 279 g/mol. The summed E-state index contributed by atoms with van der Waals surface area (Å²) in [5.74, 6) is 0.678. The van der Waals surface area contributed by atoms with Crippen molar-refractivity contribution in [2.75, 3.05) is 24.5 Å². The molecule has 1 N–H and O–H groups in total. The third kappa shape index (κ3) is 2.03. The third-order valence-corrected chi connectivity index (χ3v) is 4.66. The van der Waals surface area contributed by atoms with Gasteiger partial charge in [0.05, 0.1) is 11.2 Å². The lowest BCUT2D eigenvalue weighted by atomic mass is 9.94. The summed E-state index contributed by atoms with van der Waals surface area (Å²) in [6.45, 7) is 3.06. The molecule has 0 aliphatic carbocycles. The molecule has 2 unspecified atom stereocenters. The first-order chi connectivity index (χ1) is 10.4. The van der Waals surface area contributed by atoms with Crippen LogP contribution in [0.4, 0.5) is 5.69 Å². The van der Waals surface area contributed by atoms with E-state index in [1.54, 1.807) is 0 Å². The van der Waals surface area contributed by atoms with Gasteiger partial charge in [0.15, 0.2) is 5.69 Å². The van der Waals surface area contributed by atoms with Crippen molar-refractivity contribution in [3.63, 3.8) is 0 Å². The van der Waals surface area contributed by atoms with E-state index in [9.17, 15) is 5.26 Å². The average molecular weight is 279 g/mol. The highest BCUT2D eigenvalue weighted by Gasteiger charge is 2.36. The molecule has 1 aromatic heterocycles. The van der Waals surface area contributed by atoms with Crippen molar-refractivity contribution in [2.24, 2.45) is 5.92 Å². The molecule has 0 spiro atoms. The number of nitrogens with zero attached hydrogens (tertiary/aromatic N) is 4. The Morgan fingerprint density at radius 1 is 1.24 bits per heavy atom. The SMILES string of the molecule is N#Cc1nnc2ccccc2c1N1CC2CCCNC2C1. The number of anilines is 1. The molecular weight excluding hydrogens is 262 g/mol. The maximum absolute atomic E-state index is 9.40. The van der Waals surface area contributed by atoms with Gasteiger partial charge in [-0.15, -0.1) is 10.2 Å². The van der Waals surface area contributed by atoms with E-state index in [1.165, 1.54) is 12.8 Å².